The van der Waals surface area contributed by atoms with Gasteiger partial charge in [-0.15, -0.1) is 0 Å². The van der Waals surface area contributed by atoms with Crippen LogP contribution >= 0.6 is 0 Å². The van der Waals surface area contributed by atoms with Gasteiger partial charge in [0.1, 0.15) is 5.70 Å². The molecule has 2 rings (SSSR count). The van der Waals surface area contributed by atoms with Crippen LogP contribution in [0, 0.1) is 0 Å². The Labute approximate surface area is 145 Å². The number of carbonyl (C=O) groups is 3. The molecule has 2 amide bonds. The van der Waals surface area contributed by atoms with Crippen molar-refractivity contribution in [2.24, 2.45) is 5.73 Å². The van der Waals surface area contributed by atoms with Crippen LogP contribution in [-0.4, -0.2) is 17.8 Å². The van der Waals surface area contributed by atoms with E-state index < -0.39 is 23.9 Å². The highest BCUT2D eigenvalue weighted by Crippen LogP contribution is 2.18. The molecule has 0 aliphatic rings. The predicted molar refractivity (Wildman–Crippen MR) is 92.7 cm³/mol. The number of nitrogens with one attached hydrogen (secondary N) is 1. The quantitative estimate of drug-likeness (QED) is 0.621. The zero-order valence-corrected chi connectivity index (χ0v) is 13.6. The van der Waals surface area contributed by atoms with Crippen LogP contribution in [0.25, 0.3) is 6.08 Å². The van der Waals surface area contributed by atoms with Gasteiger partial charge in [-0.2, -0.15) is 0 Å². The zero-order valence-electron chi connectivity index (χ0n) is 13.6. The number of hydrogen-bond donors (Lipinski definition) is 2. The summed E-state index contributed by atoms with van der Waals surface area (Å²) in [6.07, 6.45) is 0.217. The minimum absolute atomic E-state index is 0.0825. The van der Waals surface area contributed by atoms with E-state index in [-0.39, 0.29) is 5.70 Å². The highest BCUT2D eigenvalue weighted by Gasteiger charge is 2.24. The molecule has 1 unspecified atom stereocenters. The van der Waals surface area contributed by atoms with Gasteiger partial charge in [-0.1, -0.05) is 60.7 Å². The number of carbonyl (C=O) groups excluding carboxylic acids is 3. The van der Waals surface area contributed by atoms with Crippen LogP contribution in [0.15, 0.2) is 66.4 Å². The molecule has 0 aliphatic carbocycles. The molecule has 0 saturated heterocycles. The molecule has 6 nitrogen and oxygen atoms in total. The predicted octanol–water partition coefficient (Wildman–Crippen LogP) is 1.93. The Bertz CT molecular complexity index is 786. The lowest BCUT2D eigenvalue weighted by Gasteiger charge is -2.16. The summed E-state index contributed by atoms with van der Waals surface area (Å²) in [5.41, 5.74) is 6.41. The number of esters is 1. The summed E-state index contributed by atoms with van der Waals surface area (Å²) in [7, 11) is 0. The van der Waals surface area contributed by atoms with Crippen LogP contribution in [0.4, 0.5) is 0 Å². The number of hydrogen-bond acceptors (Lipinski definition) is 4. The summed E-state index contributed by atoms with van der Waals surface area (Å²) in [6.45, 7) is 1.27. The monoisotopic (exact) mass is 338 g/mol. The lowest BCUT2D eigenvalue weighted by atomic mass is 10.1. The van der Waals surface area contributed by atoms with E-state index in [4.69, 9.17) is 10.5 Å². The van der Waals surface area contributed by atoms with E-state index in [0.29, 0.717) is 11.1 Å². The number of amides is 2. The summed E-state index contributed by atoms with van der Waals surface area (Å²) in [6, 6.07) is 17.4. The number of benzene rings is 2. The van der Waals surface area contributed by atoms with Gasteiger partial charge in [0.15, 0.2) is 0 Å². The average Bonchev–Trinajstić information content (AvgIpc) is 2.60. The third kappa shape index (κ3) is 5.31. The van der Waals surface area contributed by atoms with Crippen molar-refractivity contribution in [1.82, 2.24) is 5.32 Å². The summed E-state index contributed by atoms with van der Waals surface area (Å²) < 4.78 is 5.24. The van der Waals surface area contributed by atoms with Crippen molar-refractivity contribution in [3.63, 3.8) is 0 Å². The van der Waals surface area contributed by atoms with Crippen LogP contribution in [0.5, 0.6) is 0 Å². The van der Waals surface area contributed by atoms with Crippen LogP contribution in [0.2, 0.25) is 0 Å². The third-order valence-electron chi connectivity index (χ3n) is 3.23. The second-order valence-electron chi connectivity index (χ2n) is 5.25. The van der Waals surface area contributed by atoms with E-state index in [1.165, 1.54) is 13.0 Å². The highest BCUT2D eigenvalue weighted by atomic mass is 16.5. The lowest BCUT2D eigenvalue weighted by Crippen LogP contribution is -2.31. The Kier molecular flexibility index (Phi) is 6.06. The molecule has 0 heterocycles. The zero-order chi connectivity index (χ0) is 18.2. The van der Waals surface area contributed by atoms with E-state index in [2.05, 4.69) is 5.32 Å². The average molecular weight is 338 g/mol. The molecule has 2 aromatic rings. The van der Waals surface area contributed by atoms with Crippen molar-refractivity contribution in [1.29, 1.82) is 0 Å². The Hall–Kier alpha value is -3.41. The number of primary amides is 1. The maximum Gasteiger partial charge on any atom is 0.355 e. The van der Waals surface area contributed by atoms with Gasteiger partial charge in [0, 0.05) is 12.5 Å². The molecule has 0 saturated carbocycles. The number of nitrogens with two attached hydrogens (primary N) is 1. The van der Waals surface area contributed by atoms with Crippen molar-refractivity contribution in [3.05, 3.63) is 77.5 Å². The van der Waals surface area contributed by atoms with E-state index in [9.17, 15) is 14.4 Å². The van der Waals surface area contributed by atoms with Crippen molar-refractivity contribution >= 4 is 23.9 Å². The van der Waals surface area contributed by atoms with E-state index in [1.807, 2.05) is 6.07 Å². The first-order valence-electron chi connectivity index (χ1n) is 7.57. The third-order valence-corrected chi connectivity index (χ3v) is 3.23. The molecule has 0 aliphatic heterocycles. The molecule has 6 heteroatoms. The molecule has 0 fully saturated rings. The summed E-state index contributed by atoms with van der Waals surface area (Å²) in [5.74, 6) is -2.09. The Morgan fingerprint density at radius 3 is 2.08 bits per heavy atom. The van der Waals surface area contributed by atoms with Gasteiger partial charge >= 0.3 is 5.97 Å². The van der Waals surface area contributed by atoms with Gasteiger partial charge in [0.25, 0.3) is 5.91 Å². The first kappa shape index (κ1) is 17.9. The number of rotatable bonds is 6. The molecule has 0 aromatic heterocycles. The second kappa shape index (κ2) is 8.44. The fraction of sp³-hybridized carbons (Fsp3) is 0.105. The molecular weight excluding hydrogens is 320 g/mol. The molecule has 25 heavy (non-hydrogen) atoms. The van der Waals surface area contributed by atoms with Gasteiger partial charge in [0.05, 0.1) is 0 Å². The van der Waals surface area contributed by atoms with Crippen LogP contribution in [0.3, 0.4) is 0 Å². The molecule has 0 radical (unpaired) electrons. The first-order chi connectivity index (χ1) is 12.0. The van der Waals surface area contributed by atoms with E-state index in [0.717, 1.165) is 0 Å². The van der Waals surface area contributed by atoms with Gasteiger partial charge in [-0.3, -0.25) is 9.59 Å². The van der Waals surface area contributed by atoms with Gasteiger partial charge in [-0.05, 0) is 11.6 Å². The lowest BCUT2D eigenvalue weighted by molar-refractivity contribution is -0.152. The van der Waals surface area contributed by atoms with E-state index in [1.54, 1.807) is 54.6 Å². The van der Waals surface area contributed by atoms with Gasteiger partial charge < -0.3 is 15.8 Å². The Morgan fingerprint density at radius 1 is 1.00 bits per heavy atom. The van der Waals surface area contributed by atoms with Crippen molar-refractivity contribution in [2.45, 2.75) is 13.0 Å². The minimum Gasteiger partial charge on any atom is -0.443 e. The summed E-state index contributed by atoms with van der Waals surface area (Å²) >= 11 is 0. The largest absolute Gasteiger partial charge is 0.443 e. The van der Waals surface area contributed by atoms with E-state index >= 15 is 0 Å². The highest BCUT2D eigenvalue weighted by molar-refractivity contribution is 5.98. The minimum atomic E-state index is -1.25. The van der Waals surface area contributed by atoms with Crippen molar-refractivity contribution in [3.8, 4) is 0 Å². The Balaban J connectivity index is 2.28. The second-order valence-corrected chi connectivity index (χ2v) is 5.25. The van der Waals surface area contributed by atoms with Crippen LogP contribution in [0.1, 0.15) is 24.2 Å². The fourth-order valence-corrected chi connectivity index (χ4v) is 2.14. The van der Waals surface area contributed by atoms with Gasteiger partial charge in [-0.25, -0.2) is 4.79 Å². The first-order valence-corrected chi connectivity index (χ1v) is 7.57. The molecular formula is C19H18N2O4. The Morgan fingerprint density at radius 2 is 1.56 bits per heavy atom. The molecule has 1 atom stereocenters. The molecule has 0 bridgehead atoms. The topological polar surface area (TPSA) is 98.5 Å². The number of ether oxygens (including phenoxy) is 1. The molecule has 128 valence electrons. The summed E-state index contributed by atoms with van der Waals surface area (Å²) in [5, 5.41) is 2.42. The maximum atomic E-state index is 12.5. The molecule has 2 aromatic carbocycles. The van der Waals surface area contributed by atoms with Crippen LogP contribution < -0.4 is 11.1 Å². The summed E-state index contributed by atoms with van der Waals surface area (Å²) in [4.78, 5) is 35.5. The molecule has 3 N–H and O–H groups in total. The van der Waals surface area contributed by atoms with Crippen molar-refractivity contribution < 1.29 is 19.1 Å². The fourth-order valence-electron chi connectivity index (χ4n) is 2.14. The normalized spacial score (nSPS) is 12.1. The maximum absolute atomic E-state index is 12.5. The SMILES string of the molecule is CC(=O)N/C(=C\c1ccccc1)C(=O)OC(C(N)=O)c1ccccc1. The molecule has 0 spiro atoms. The smallest absolute Gasteiger partial charge is 0.355 e. The van der Waals surface area contributed by atoms with Crippen molar-refractivity contribution in [2.75, 3.05) is 0 Å². The standard InChI is InChI=1S/C19H18N2O4/c1-13(22)21-16(12-14-8-4-2-5-9-14)19(24)25-17(18(20)23)15-10-6-3-7-11-15/h2-12,17H,1H3,(H2,20,23)(H,21,22)/b16-12-. The van der Waals surface area contributed by atoms with Crippen LogP contribution in [-0.2, 0) is 19.1 Å². The van der Waals surface area contributed by atoms with Gasteiger partial charge in [0.2, 0.25) is 12.0 Å².